The summed E-state index contributed by atoms with van der Waals surface area (Å²) in [6, 6.07) is 3.02. The van der Waals surface area contributed by atoms with Crippen LogP contribution in [-0.4, -0.2) is 11.6 Å². The molecule has 0 saturated carbocycles. The first kappa shape index (κ1) is 15.5. The summed E-state index contributed by atoms with van der Waals surface area (Å²) in [7, 11) is 0. The highest BCUT2D eigenvalue weighted by atomic mass is 19.1. The molecule has 0 spiro atoms. The van der Waals surface area contributed by atoms with Crippen LogP contribution in [0.4, 0.5) is 10.1 Å². The number of anilines is 1. The minimum absolute atomic E-state index is 0.139. The van der Waals surface area contributed by atoms with Crippen LogP contribution >= 0.6 is 0 Å². The lowest BCUT2D eigenvalue weighted by Crippen LogP contribution is -2.25. The molecule has 0 atom stereocenters. The second-order valence-electron chi connectivity index (χ2n) is 5.65. The molecule has 1 aromatic carbocycles. The van der Waals surface area contributed by atoms with E-state index in [-0.39, 0.29) is 11.3 Å². The first-order valence-corrected chi connectivity index (χ1v) is 6.56. The summed E-state index contributed by atoms with van der Waals surface area (Å²) >= 11 is 0. The molecule has 1 rings (SSSR count). The predicted molar refractivity (Wildman–Crippen MR) is 74.6 cm³/mol. The van der Waals surface area contributed by atoms with E-state index < -0.39 is 17.4 Å². The lowest BCUT2D eigenvalue weighted by Gasteiger charge is -2.20. The first-order valence-electron chi connectivity index (χ1n) is 6.56. The quantitative estimate of drug-likeness (QED) is 0.668. The molecule has 0 amide bonds. The molecule has 106 valence electrons. The van der Waals surface area contributed by atoms with Gasteiger partial charge in [-0.1, -0.05) is 13.3 Å². The summed E-state index contributed by atoms with van der Waals surface area (Å²) in [6.45, 7) is 7.26. The largest absolute Gasteiger partial charge is 0.456 e. The molecule has 0 aliphatic rings. The van der Waals surface area contributed by atoms with Crippen LogP contribution in [0, 0.1) is 5.82 Å². The summed E-state index contributed by atoms with van der Waals surface area (Å²) in [5.41, 5.74) is 5.88. The van der Waals surface area contributed by atoms with Crippen LogP contribution in [0.25, 0.3) is 0 Å². The van der Waals surface area contributed by atoms with Gasteiger partial charge in [-0.05, 0) is 51.3 Å². The topological polar surface area (TPSA) is 52.3 Å². The number of carbonyl (C=O) groups is 1. The van der Waals surface area contributed by atoms with Crippen molar-refractivity contribution < 1.29 is 13.9 Å². The normalized spacial score (nSPS) is 11.4. The fraction of sp³-hybridized carbons (Fsp3) is 0.533. The van der Waals surface area contributed by atoms with Gasteiger partial charge in [0.2, 0.25) is 0 Å². The maximum Gasteiger partial charge on any atom is 0.343 e. The zero-order valence-electron chi connectivity index (χ0n) is 12.0. The van der Waals surface area contributed by atoms with E-state index in [1.807, 2.05) is 0 Å². The van der Waals surface area contributed by atoms with Gasteiger partial charge in [-0.3, -0.25) is 0 Å². The van der Waals surface area contributed by atoms with E-state index in [0.29, 0.717) is 0 Å². The van der Waals surface area contributed by atoms with E-state index in [4.69, 9.17) is 10.5 Å². The molecular formula is C15H22FNO2. The van der Waals surface area contributed by atoms with Gasteiger partial charge >= 0.3 is 5.97 Å². The molecule has 0 saturated heterocycles. The SMILES string of the molecule is CCCCc1cc(N)c(C(=O)OC(C)(C)C)c(F)c1. The monoisotopic (exact) mass is 267 g/mol. The summed E-state index contributed by atoms with van der Waals surface area (Å²) in [5, 5.41) is 0. The number of nitrogens with two attached hydrogens (primary N) is 1. The lowest BCUT2D eigenvalue weighted by atomic mass is 10.0. The van der Waals surface area contributed by atoms with Crippen molar-refractivity contribution in [1.82, 2.24) is 0 Å². The van der Waals surface area contributed by atoms with Crippen LogP contribution in [0.1, 0.15) is 56.5 Å². The minimum Gasteiger partial charge on any atom is -0.456 e. The van der Waals surface area contributed by atoms with Crippen LogP contribution in [-0.2, 0) is 11.2 Å². The van der Waals surface area contributed by atoms with Crippen LogP contribution in [0.15, 0.2) is 12.1 Å². The van der Waals surface area contributed by atoms with Gasteiger partial charge in [0.15, 0.2) is 0 Å². The highest BCUT2D eigenvalue weighted by Crippen LogP contribution is 2.23. The first-order chi connectivity index (χ1) is 8.74. The van der Waals surface area contributed by atoms with Gasteiger partial charge in [0.05, 0.1) is 0 Å². The smallest absolute Gasteiger partial charge is 0.343 e. The molecule has 19 heavy (non-hydrogen) atoms. The molecule has 4 heteroatoms. The Bertz CT molecular complexity index is 441. The highest BCUT2D eigenvalue weighted by molar-refractivity contribution is 5.95. The molecular weight excluding hydrogens is 245 g/mol. The van der Waals surface area contributed by atoms with Crippen molar-refractivity contribution in [2.45, 2.75) is 52.6 Å². The van der Waals surface area contributed by atoms with Crippen molar-refractivity contribution in [3.05, 3.63) is 29.1 Å². The van der Waals surface area contributed by atoms with Gasteiger partial charge < -0.3 is 10.5 Å². The average Bonchev–Trinajstić information content (AvgIpc) is 2.22. The number of aryl methyl sites for hydroxylation is 1. The Kier molecular flexibility index (Phi) is 4.92. The molecule has 0 bridgehead atoms. The molecule has 0 heterocycles. The molecule has 0 aliphatic heterocycles. The number of nitrogen functional groups attached to an aromatic ring is 1. The highest BCUT2D eigenvalue weighted by Gasteiger charge is 2.23. The van der Waals surface area contributed by atoms with Crippen LogP contribution in [0.3, 0.4) is 0 Å². The second kappa shape index (κ2) is 6.04. The Morgan fingerprint density at radius 3 is 2.47 bits per heavy atom. The average molecular weight is 267 g/mol. The Morgan fingerprint density at radius 2 is 2.00 bits per heavy atom. The van der Waals surface area contributed by atoms with Crippen molar-refractivity contribution in [2.75, 3.05) is 5.73 Å². The number of halogens is 1. The van der Waals surface area contributed by atoms with E-state index in [2.05, 4.69) is 6.92 Å². The van der Waals surface area contributed by atoms with Gasteiger partial charge in [-0.25, -0.2) is 9.18 Å². The van der Waals surface area contributed by atoms with Crippen molar-refractivity contribution in [3.63, 3.8) is 0 Å². The molecule has 0 aromatic heterocycles. The third-order valence-corrected chi connectivity index (χ3v) is 2.60. The number of benzene rings is 1. The van der Waals surface area contributed by atoms with Crippen molar-refractivity contribution in [3.8, 4) is 0 Å². The molecule has 2 N–H and O–H groups in total. The van der Waals surface area contributed by atoms with Crippen LogP contribution in [0.5, 0.6) is 0 Å². The molecule has 0 aliphatic carbocycles. The van der Waals surface area contributed by atoms with Gasteiger partial charge in [-0.15, -0.1) is 0 Å². The Hall–Kier alpha value is -1.58. The van der Waals surface area contributed by atoms with Gasteiger partial charge in [0.1, 0.15) is 17.0 Å². The zero-order valence-corrected chi connectivity index (χ0v) is 12.0. The number of hydrogen-bond donors (Lipinski definition) is 1. The summed E-state index contributed by atoms with van der Waals surface area (Å²) in [6.07, 6.45) is 2.74. The maximum absolute atomic E-state index is 14.0. The standard InChI is InChI=1S/C15H22FNO2/c1-5-6-7-10-8-11(16)13(12(17)9-10)14(18)19-15(2,3)4/h8-9H,5-7,17H2,1-4H3. The Morgan fingerprint density at radius 1 is 1.37 bits per heavy atom. The minimum atomic E-state index is -0.718. The maximum atomic E-state index is 14.0. The van der Waals surface area contributed by atoms with Gasteiger partial charge in [0.25, 0.3) is 0 Å². The van der Waals surface area contributed by atoms with Crippen LogP contribution < -0.4 is 5.73 Å². The number of hydrogen-bond acceptors (Lipinski definition) is 3. The van der Waals surface area contributed by atoms with Crippen molar-refractivity contribution in [1.29, 1.82) is 0 Å². The summed E-state index contributed by atoms with van der Waals surface area (Å²) in [4.78, 5) is 11.9. The van der Waals surface area contributed by atoms with Crippen LogP contribution in [0.2, 0.25) is 0 Å². The number of rotatable bonds is 4. The summed E-state index contributed by atoms with van der Waals surface area (Å²) < 4.78 is 19.1. The van der Waals surface area contributed by atoms with E-state index in [0.717, 1.165) is 24.8 Å². The fourth-order valence-electron chi connectivity index (χ4n) is 1.76. The predicted octanol–water partition coefficient (Wildman–Crippen LogP) is 3.71. The molecule has 0 fully saturated rings. The lowest BCUT2D eigenvalue weighted by molar-refractivity contribution is 0.00661. The molecule has 1 aromatic rings. The van der Waals surface area contributed by atoms with E-state index in [1.54, 1.807) is 26.8 Å². The number of unbranched alkanes of at least 4 members (excludes halogenated alkanes) is 1. The summed E-state index contributed by atoms with van der Waals surface area (Å²) in [5.74, 6) is -1.33. The molecule has 3 nitrogen and oxygen atoms in total. The zero-order chi connectivity index (χ0) is 14.6. The number of ether oxygens (including phenoxy) is 1. The third kappa shape index (κ3) is 4.54. The van der Waals surface area contributed by atoms with Crippen molar-refractivity contribution in [2.24, 2.45) is 0 Å². The number of carbonyl (C=O) groups excluding carboxylic acids is 1. The Balaban J connectivity index is 3.00. The van der Waals surface area contributed by atoms with E-state index in [9.17, 15) is 9.18 Å². The molecule has 0 unspecified atom stereocenters. The third-order valence-electron chi connectivity index (χ3n) is 2.60. The second-order valence-corrected chi connectivity index (χ2v) is 5.65. The van der Waals surface area contributed by atoms with Gasteiger partial charge in [-0.2, -0.15) is 0 Å². The molecule has 0 radical (unpaired) electrons. The van der Waals surface area contributed by atoms with Crippen molar-refractivity contribution >= 4 is 11.7 Å². The van der Waals surface area contributed by atoms with Gasteiger partial charge in [0, 0.05) is 5.69 Å². The number of esters is 1. The van der Waals surface area contributed by atoms with E-state index in [1.165, 1.54) is 6.07 Å². The Labute approximate surface area is 113 Å². The van der Waals surface area contributed by atoms with E-state index >= 15 is 0 Å². The fourth-order valence-corrected chi connectivity index (χ4v) is 1.76.